The number of rotatable bonds is 2. The van der Waals surface area contributed by atoms with E-state index in [1.165, 1.54) is 6.42 Å². The molecular weight excluding hydrogens is 336 g/mol. The van der Waals surface area contributed by atoms with Gasteiger partial charge < -0.3 is 9.80 Å². The summed E-state index contributed by atoms with van der Waals surface area (Å²) in [6.45, 7) is 2.91. The van der Waals surface area contributed by atoms with Crippen molar-refractivity contribution in [1.82, 2.24) is 15.0 Å². The third-order valence-electron chi connectivity index (χ3n) is 5.77. The molecule has 2 aliphatic heterocycles. The summed E-state index contributed by atoms with van der Waals surface area (Å²) in [6, 6.07) is 16.2. The minimum Gasteiger partial charge on any atom is -0.353 e. The molecule has 2 saturated heterocycles. The molecule has 2 unspecified atom stereocenters. The first-order valence-corrected chi connectivity index (χ1v) is 9.42. The van der Waals surface area contributed by atoms with Gasteiger partial charge in [0.1, 0.15) is 23.4 Å². The molecule has 6 nitrogen and oxygen atoms in total. The van der Waals surface area contributed by atoms with Crippen LogP contribution in [0, 0.1) is 17.2 Å². The summed E-state index contributed by atoms with van der Waals surface area (Å²) in [6.07, 6.45) is 4.21. The maximum Gasteiger partial charge on any atom is 0.147 e. The van der Waals surface area contributed by atoms with Crippen LogP contribution in [0.4, 0.5) is 11.6 Å². The molecular formula is C21H20N6. The molecule has 0 bridgehead atoms. The largest absolute Gasteiger partial charge is 0.353 e. The standard InChI is InChI=1S/C21H20N6/c22-12-16-4-3-7-20(24-16)27-11-9-15-8-10-26(14-19(15)27)21-13-23-17-5-1-2-6-18(17)25-21/h1-7,13,15,19H,8-11,14H2. The van der Waals surface area contributed by atoms with Crippen LogP contribution < -0.4 is 9.80 Å². The zero-order chi connectivity index (χ0) is 18.2. The lowest BCUT2D eigenvalue weighted by Gasteiger charge is -2.39. The predicted octanol–water partition coefficient (Wildman–Crippen LogP) is 3.00. The molecule has 27 heavy (non-hydrogen) atoms. The highest BCUT2D eigenvalue weighted by Crippen LogP contribution is 2.35. The molecule has 2 aliphatic rings. The lowest BCUT2D eigenvalue weighted by atomic mass is 9.92. The molecule has 0 radical (unpaired) electrons. The molecule has 2 fully saturated rings. The molecule has 2 aromatic heterocycles. The first-order chi connectivity index (χ1) is 13.3. The lowest BCUT2D eigenvalue weighted by Crippen LogP contribution is -2.48. The second-order valence-electron chi connectivity index (χ2n) is 7.25. The highest BCUT2D eigenvalue weighted by molar-refractivity contribution is 5.75. The van der Waals surface area contributed by atoms with Gasteiger partial charge in [0.05, 0.1) is 23.3 Å². The number of benzene rings is 1. The van der Waals surface area contributed by atoms with Gasteiger partial charge in [-0.25, -0.2) is 9.97 Å². The molecule has 134 valence electrons. The van der Waals surface area contributed by atoms with Gasteiger partial charge >= 0.3 is 0 Å². The van der Waals surface area contributed by atoms with Crippen molar-refractivity contribution in [3.8, 4) is 6.07 Å². The number of hydrogen-bond donors (Lipinski definition) is 0. The van der Waals surface area contributed by atoms with Crippen molar-refractivity contribution in [2.24, 2.45) is 5.92 Å². The number of fused-ring (bicyclic) bond motifs is 2. The topological polar surface area (TPSA) is 68.9 Å². The Hall–Kier alpha value is -3.20. The van der Waals surface area contributed by atoms with Gasteiger partial charge in [-0.15, -0.1) is 0 Å². The van der Waals surface area contributed by atoms with E-state index in [0.29, 0.717) is 17.7 Å². The third kappa shape index (κ3) is 2.85. The van der Waals surface area contributed by atoms with Gasteiger partial charge in [0.25, 0.3) is 0 Å². The van der Waals surface area contributed by atoms with Crippen LogP contribution in [-0.2, 0) is 0 Å². The van der Waals surface area contributed by atoms with Crippen LogP contribution in [0.2, 0.25) is 0 Å². The van der Waals surface area contributed by atoms with E-state index < -0.39 is 0 Å². The number of hydrogen-bond acceptors (Lipinski definition) is 6. The smallest absolute Gasteiger partial charge is 0.147 e. The Morgan fingerprint density at radius 1 is 0.926 bits per heavy atom. The Morgan fingerprint density at radius 3 is 2.67 bits per heavy atom. The summed E-state index contributed by atoms with van der Waals surface area (Å²) in [5.41, 5.74) is 2.34. The van der Waals surface area contributed by atoms with Gasteiger partial charge in [-0.05, 0) is 43.0 Å². The second-order valence-corrected chi connectivity index (χ2v) is 7.25. The van der Waals surface area contributed by atoms with E-state index in [-0.39, 0.29) is 0 Å². The molecule has 0 aliphatic carbocycles. The van der Waals surface area contributed by atoms with Crippen LogP contribution in [0.3, 0.4) is 0 Å². The fraction of sp³-hybridized carbons (Fsp3) is 0.333. The molecule has 5 rings (SSSR count). The van der Waals surface area contributed by atoms with Crippen LogP contribution in [0.5, 0.6) is 0 Å². The van der Waals surface area contributed by atoms with Gasteiger partial charge in [-0.2, -0.15) is 5.26 Å². The van der Waals surface area contributed by atoms with Gasteiger partial charge in [-0.3, -0.25) is 4.98 Å². The monoisotopic (exact) mass is 356 g/mol. The molecule has 0 N–H and O–H groups in total. The zero-order valence-corrected chi connectivity index (χ0v) is 15.0. The SMILES string of the molecule is N#Cc1cccc(N2CCC3CCN(c4cnc5ccccc5n4)CC32)n1. The molecule has 0 spiro atoms. The highest BCUT2D eigenvalue weighted by atomic mass is 15.3. The molecule has 0 saturated carbocycles. The Bertz CT molecular complexity index is 1030. The zero-order valence-electron chi connectivity index (χ0n) is 15.0. The van der Waals surface area contributed by atoms with Crippen LogP contribution >= 0.6 is 0 Å². The van der Waals surface area contributed by atoms with Gasteiger partial charge in [0.2, 0.25) is 0 Å². The number of anilines is 2. The summed E-state index contributed by atoms with van der Waals surface area (Å²) in [5.74, 6) is 2.52. The molecule has 0 amide bonds. The minimum absolute atomic E-state index is 0.397. The van der Waals surface area contributed by atoms with Crippen molar-refractivity contribution in [2.45, 2.75) is 18.9 Å². The van der Waals surface area contributed by atoms with E-state index in [1.807, 2.05) is 42.6 Å². The van der Waals surface area contributed by atoms with Crippen molar-refractivity contribution < 1.29 is 0 Å². The predicted molar refractivity (Wildman–Crippen MR) is 105 cm³/mol. The molecule has 6 heteroatoms. The van der Waals surface area contributed by atoms with E-state index in [0.717, 1.165) is 48.7 Å². The maximum atomic E-state index is 9.16. The maximum absolute atomic E-state index is 9.16. The number of pyridine rings is 1. The number of aromatic nitrogens is 3. The van der Waals surface area contributed by atoms with Crippen molar-refractivity contribution in [3.05, 3.63) is 54.4 Å². The van der Waals surface area contributed by atoms with Gasteiger partial charge in [0.15, 0.2) is 0 Å². The molecule has 2 atom stereocenters. The summed E-state index contributed by atoms with van der Waals surface area (Å²) >= 11 is 0. The second kappa shape index (κ2) is 6.51. The summed E-state index contributed by atoms with van der Waals surface area (Å²) in [7, 11) is 0. The molecule has 4 heterocycles. The normalized spacial score (nSPS) is 21.9. The number of nitriles is 1. The van der Waals surface area contributed by atoms with Crippen LogP contribution in [0.25, 0.3) is 11.0 Å². The number of nitrogens with zero attached hydrogens (tertiary/aromatic N) is 6. The van der Waals surface area contributed by atoms with E-state index in [9.17, 15) is 0 Å². The summed E-state index contributed by atoms with van der Waals surface area (Å²) < 4.78 is 0. The van der Waals surface area contributed by atoms with E-state index in [2.05, 4.69) is 25.8 Å². The number of para-hydroxylation sites is 2. The van der Waals surface area contributed by atoms with Gasteiger partial charge in [0, 0.05) is 19.6 Å². The molecule has 1 aromatic carbocycles. The van der Waals surface area contributed by atoms with E-state index in [4.69, 9.17) is 10.2 Å². The Morgan fingerprint density at radius 2 is 1.78 bits per heavy atom. The Kier molecular flexibility index (Phi) is 3.86. The fourth-order valence-corrected chi connectivity index (χ4v) is 4.38. The average molecular weight is 356 g/mol. The van der Waals surface area contributed by atoms with Crippen LogP contribution in [-0.4, -0.2) is 40.6 Å². The number of piperidine rings is 1. The summed E-state index contributed by atoms with van der Waals surface area (Å²) in [5, 5.41) is 9.16. The highest BCUT2D eigenvalue weighted by Gasteiger charge is 2.39. The Balaban J connectivity index is 1.42. The van der Waals surface area contributed by atoms with Crippen molar-refractivity contribution in [2.75, 3.05) is 29.4 Å². The van der Waals surface area contributed by atoms with Crippen molar-refractivity contribution >= 4 is 22.7 Å². The quantitative estimate of drug-likeness (QED) is 0.703. The van der Waals surface area contributed by atoms with Crippen molar-refractivity contribution in [1.29, 1.82) is 5.26 Å². The van der Waals surface area contributed by atoms with E-state index in [1.54, 1.807) is 6.07 Å². The average Bonchev–Trinajstić information content (AvgIpc) is 3.16. The fourth-order valence-electron chi connectivity index (χ4n) is 4.38. The first kappa shape index (κ1) is 16.0. The lowest BCUT2D eigenvalue weighted by molar-refractivity contribution is 0.388. The van der Waals surface area contributed by atoms with Crippen molar-refractivity contribution in [3.63, 3.8) is 0 Å². The van der Waals surface area contributed by atoms with Crippen LogP contribution in [0.15, 0.2) is 48.7 Å². The summed E-state index contributed by atoms with van der Waals surface area (Å²) in [4.78, 5) is 18.6. The molecule has 3 aromatic rings. The van der Waals surface area contributed by atoms with Crippen LogP contribution in [0.1, 0.15) is 18.5 Å². The third-order valence-corrected chi connectivity index (χ3v) is 5.77. The van der Waals surface area contributed by atoms with E-state index >= 15 is 0 Å². The first-order valence-electron chi connectivity index (χ1n) is 9.42. The minimum atomic E-state index is 0.397. The Labute approximate surface area is 158 Å². The van der Waals surface area contributed by atoms with Gasteiger partial charge in [-0.1, -0.05) is 18.2 Å².